The van der Waals surface area contributed by atoms with Crippen LogP contribution in [0.5, 0.6) is 0 Å². The SMILES string of the molecule is Fc1ccc2c(c1)c1cc(Cl)ccc1n2[C@@H]1CCNC[C@@H]1F. The average Bonchev–Trinajstić information content (AvgIpc) is 2.81. The number of halogens is 3. The maximum Gasteiger partial charge on any atom is 0.133 e. The van der Waals surface area contributed by atoms with E-state index in [0.29, 0.717) is 18.0 Å². The molecular formula is C17H15ClF2N2. The fraction of sp³-hybridized carbons (Fsp3) is 0.294. The van der Waals surface area contributed by atoms with Crippen molar-refractivity contribution in [2.45, 2.75) is 18.6 Å². The van der Waals surface area contributed by atoms with E-state index in [0.717, 1.165) is 28.4 Å². The fourth-order valence-corrected chi connectivity index (χ4v) is 3.62. The molecule has 22 heavy (non-hydrogen) atoms. The van der Waals surface area contributed by atoms with Gasteiger partial charge < -0.3 is 9.88 Å². The van der Waals surface area contributed by atoms with E-state index in [9.17, 15) is 8.78 Å². The number of aromatic nitrogens is 1. The van der Waals surface area contributed by atoms with Gasteiger partial charge in [-0.05, 0) is 49.4 Å². The van der Waals surface area contributed by atoms with Crippen LogP contribution in [0.3, 0.4) is 0 Å². The summed E-state index contributed by atoms with van der Waals surface area (Å²) in [7, 11) is 0. The van der Waals surface area contributed by atoms with Crippen LogP contribution in [0.15, 0.2) is 36.4 Å². The molecule has 0 radical (unpaired) electrons. The molecule has 1 aromatic heterocycles. The number of nitrogens with one attached hydrogen (secondary N) is 1. The molecule has 1 aliphatic rings. The van der Waals surface area contributed by atoms with Gasteiger partial charge in [0.05, 0.1) is 6.04 Å². The van der Waals surface area contributed by atoms with E-state index < -0.39 is 6.17 Å². The number of benzene rings is 2. The van der Waals surface area contributed by atoms with Crippen LogP contribution in [0.4, 0.5) is 8.78 Å². The molecule has 2 heterocycles. The van der Waals surface area contributed by atoms with Crippen molar-refractivity contribution >= 4 is 33.4 Å². The highest BCUT2D eigenvalue weighted by Gasteiger charge is 2.28. The molecule has 0 bridgehead atoms. The summed E-state index contributed by atoms with van der Waals surface area (Å²) >= 11 is 6.10. The molecule has 0 aliphatic carbocycles. The molecule has 1 aliphatic heterocycles. The number of alkyl halides is 1. The molecular weight excluding hydrogens is 306 g/mol. The second-order valence-corrected chi connectivity index (χ2v) is 6.21. The fourth-order valence-electron chi connectivity index (χ4n) is 3.45. The molecule has 1 N–H and O–H groups in total. The zero-order chi connectivity index (χ0) is 15.3. The largest absolute Gasteiger partial charge is 0.334 e. The Morgan fingerprint density at radius 2 is 1.82 bits per heavy atom. The smallest absolute Gasteiger partial charge is 0.133 e. The van der Waals surface area contributed by atoms with Crippen LogP contribution >= 0.6 is 11.6 Å². The van der Waals surface area contributed by atoms with Gasteiger partial charge in [0.1, 0.15) is 12.0 Å². The van der Waals surface area contributed by atoms with Crippen molar-refractivity contribution < 1.29 is 8.78 Å². The standard InChI is InChI=1S/C17H15ClF2N2/c18-10-1-3-15-12(7-10)13-8-11(19)2-4-16(13)22(15)17-5-6-21-9-14(17)20/h1-4,7-8,14,17,21H,5-6,9H2/t14-,17+/m0/s1. The highest BCUT2D eigenvalue weighted by molar-refractivity contribution is 6.31. The Morgan fingerprint density at radius 3 is 2.59 bits per heavy atom. The molecule has 114 valence electrons. The first kappa shape index (κ1) is 14.0. The number of rotatable bonds is 1. The minimum Gasteiger partial charge on any atom is -0.334 e. The van der Waals surface area contributed by atoms with Gasteiger partial charge in [-0.15, -0.1) is 0 Å². The summed E-state index contributed by atoms with van der Waals surface area (Å²) in [4.78, 5) is 0. The molecule has 4 rings (SSSR count). The summed E-state index contributed by atoms with van der Waals surface area (Å²) in [5.74, 6) is -0.298. The molecule has 0 spiro atoms. The summed E-state index contributed by atoms with van der Waals surface area (Å²) in [6.07, 6.45) is -0.256. The van der Waals surface area contributed by atoms with Gasteiger partial charge in [0, 0.05) is 33.4 Å². The van der Waals surface area contributed by atoms with Gasteiger partial charge >= 0.3 is 0 Å². The van der Waals surface area contributed by atoms with E-state index in [-0.39, 0.29) is 11.9 Å². The highest BCUT2D eigenvalue weighted by Crippen LogP contribution is 2.36. The number of nitrogens with zero attached hydrogens (tertiary/aromatic N) is 1. The Bertz CT molecular complexity index is 799. The molecule has 3 aromatic rings. The lowest BCUT2D eigenvalue weighted by atomic mass is 10.0. The quantitative estimate of drug-likeness (QED) is 0.700. The zero-order valence-electron chi connectivity index (χ0n) is 11.8. The van der Waals surface area contributed by atoms with Crippen LogP contribution in [-0.2, 0) is 0 Å². The maximum absolute atomic E-state index is 14.4. The van der Waals surface area contributed by atoms with Gasteiger partial charge in [-0.3, -0.25) is 0 Å². The van der Waals surface area contributed by atoms with Crippen molar-refractivity contribution in [3.8, 4) is 0 Å². The number of hydrogen-bond donors (Lipinski definition) is 1. The van der Waals surface area contributed by atoms with E-state index in [4.69, 9.17) is 11.6 Å². The first-order chi connectivity index (χ1) is 10.6. The third kappa shape index (κ3) is 2.09. The van der Waals surface area contributed by atoms with E-state index in [1.807, 2.05) is 16.7 Å². The summed E-state index contributed by atoms with van der Waals surface area (Å²) in [6.45, 7) is 1.13. The van der Waals surface area contributed by atoms with Crippen LogP contribution in [0.2, 0.25) is 5.02 Å². The third-order valence-corrected chi connectivity index (χ3v) is 4.67. The lowest BCUT2D eigenvalue weighted by molar-refractivity contribution is 0.190. The summed E-state index contributed by atoms with van der Waals surface area (Å²) in [5, 5.41) is 5.32. The van der Waals surface area contributed by atoms with Crippen molar-refractivity contribution in [2.24, 2.45) is 0 Å². The predicted octanol–water partition coefficient (Wildman–Crippen LogP) is 4.46. The number of piperidine rings is 1. The molecule has 5 heteroatoms. The Kier molecular flexibility index (Phi) is 3.31. The van der Waals surface area contributed by atoms with Crippen molar-refractivity contribution in [3.63, 3.8) is 0 Å². The van der Waals surface area contributed by atoms with E-state index >= 15 is 0 Å². The van der Waals surface area contributed by atoms with Gasteiger partial charge in [0.25, 0.3) is 0 Å². The first-order valence-corrected chi connectivity index (χ1v) is 7.76. The van der Waals surface area contributed by atoms with Crippen LogP contribution in [-0.4, -0.2) is 23.8 Å². The van der Waals surface area contributed by atoms with Gasteiger partial charge in [-0.2, -0.15) is 0 Å². The second-order valence-electron chi connectivity index (χ2n) is 5.77. The molecule has 0 unspecified atom stereocenters. The van der Waals surface area contributed by atoms with Crippen molar-refractivity contribution in [2.75, 3.05) is 13.1 Å². The topological polar surface area (TPSA) is 17.0 Å². The Hall–Kier alpha value is -1.65. The third-order valence-electron chi connectivity index (χ3n) is 4.43. The molecule has 2 aromatic carbocycles. The van der Waals surface area contributed by atoms with Crippen molar-refractivity contribution in [3.05, 3.63) is 47.2 Å². The normalized spacial score (nSPS) is 22.5. The average molecular weight is 321 g/mol. The monoisotopic (exact) mass is 320 g/mol. The lowest BCUT2D eigenvalue weighted by Crippen LogP contribution is -2.39. The number of hydrogen-bond acceptors (Lipinski definition) is 1. The first-order valence-electron chi connectivity index (χ1n) is 7.38. The van der Waals surface area contributed by atoms with E-state index in [1.54, 1.807) is 12.1 Å². The lowest BCUT2D eigenvalue weighted by Gasteiger charge is -2.29. The molecule has 0 amide bonds. The Morgan fingerprint density at radius 1 is 1.09 bits per heavy atom. The van der Waals surface area contributed by atoms with Gasteiger partial charge in [-0.1, -0.05) is 11.6 Å². The van der Waals surface area contributed by atoms with E-state index in [1.165, 1.54) is 12.1 Å². The summed E-state index contributed by atoms with van der Waals surface area (Å²) in [5.41, 5.74) is 1.76. The molecule has 1 fully saturated rings. The summed E-state index contributed by atoms with van der Waals surface area (Å²) in [6, 6.07) is 9.92. The maximum atomic E-state index is 14.4. The van der Waals surface area contributed by atoms with Crippen molar-refractivity contribution in [1.82, 2.24) is 9.88 Å². The van der Waals surface area contributed by atoms with Crippen LogP contribution < -0.4 is 5.32 Å². The Labute approximate surface area is 131 Å². The van der Waals surface area contributed by atoms with Gasteiger partial charge in [0.2, 0.25) is 0 Å². The van der Waals surface area contributed by atoms with Crippen LogP contribution in [0, 0.1) is 5.82 Å². The molecule has 2 atom stereocenters. The second kappa shape index (κ2) is 5.21. The zero-order valence-corrected chi connectivity index (χ0v) is 12.6. The van der Waals surface area contributed by atoms with Crippen LogP contribution in [0.1, 0.15) is 12.5 Å². The molecule has 1 saturated heterocycles. The Balaban J connectivity index is 2.06. The highest BCUT2D eigenvalue weighted by atomic mass is 35.5. The van der Waals surface area contributed by atoms with Gasteiger partial charge in [-0.25, -0.2) is 8.78 Å². The molecule has 0 saturated carbocycles. The molecule has 2 nitrogen and oxygen atoms in total. The van der Waals surface area contributed by atoms with Crippen molar-refractivity contribution in [1.29, 1.82) is 0 Å². The predicted molar refractivity (Wildman–Crippen MR) is 85.8 cm³/mol. The van der Waals surface area contributed by atoms with Gasteiger partial charge in [0.15, 0.2) is 0 Å². The summed E-state index contributed by atoms with van der Waals surface area (Å²) < 4.78 is 30.1. The minimum absolute atomic E-state index is 0.243. The van der Waals surface area contributed by atoms with E-state index in [2.05, 4.69) is 5.32 Å². The number of fused-ring (bicyclic) bond motifs is 3. The minimum atomic E-state index is -0.965. The van der Waals surface area contributed by atoms with Crippen LogP contribution in [0.25, 0.3) is 21.8 Å².